The van der Waals surface area contributed by atoms with Gasteiger partial charge in [0.1, 0.15) is 5.82 Å². The molecule has 1 heterocycles. The van der Waals surface area contributed by atoms with Crippen LogP contribution in [-0.2, 0) is 6.54 Å². The Hall–Kier alpha value is -0.930. The van der Waals surface area contributed by atoms with Gasteiger partial charge in [-0.2, -0.15) is 0 Å². The highest BCUT2D eigenvalue weighted by Gasteiger charge is 2.24. The second-order valence-electron chi connectivity index (χ2n) is 5.30. The van der Waals surface area contributed by atoms with Crippen molar-refractivity contribution in [2.24, 2.45) is 0 Å². The molecule has 1 aliphatic rings. The van der Waals surface area contributed by atoms with E-state index in [1.807, 2.05) is 6.07 Å². The van der Waals surface area contributed by atoms with Gasteiger partial charge in [-0.25, -0.2) is 4.39 Å². The molecule has 0 amide bonds. The Morgan fingerprint density at radius 3 is 3.00 bits per heavy atom. The van der Waals surface area contributed by atoms with Crippen LogP contribution >= 0.6 is 0 Å². The highest BCUT2D eigenvalue weighted by atomic mass is 19.1. The fourth-order valence-corrected chi connectivity index (χ4v) is 2.63. The summed E-state index contributed by atoms with van der Waals surface area (Å²) >= 11 is 0. The van der Waals surface area contributed by atoms with Crippen molar-refractivity contribution < 1.29 is 4.39 Å². The summed E-state index contributed by atoms with van der Waals surface area (Å²) in [5, 5.41) is 3.58. The van der Waals surface area contributed by atoms with Gasteiger partial charge < -0.3 is 5.32 Å². The van der Waals surface area contributed by atoms with E-state index in [1.54, 1.807) is 12.1 Å². The van der Waals surface area contributed by atoms with E-state index < -0.39 is 0 Å². The minimum Gasteiger partial charge on any atom is -0.311 e. The fraction of sp³-hybridized carbons (Fsp3) is 0.600. The summed E-state index contributed by atoms with van der Waals surface area (Å²) < 4.78 is 13.2. The maximum Gasteiger partial charge on any atom is 0.123 e. The Kier molecular flexibility index (Phi) is 4.72. The molecule has 18 heavy (non-hydrogen) atoms. The van der Waals surface area contributed by atoms with E-state index in [-0.39, 0.29) is 5.82 Å². The van der Waals surface area contributed by atoms with Crippen molar-refractivity contribution in [3.05, 3.63) is 35.6 Å². The van der Waals surface area contributed by atoms with Gasteiger partial charge in [-0.3, -0.25) is 4.90 Å². The highest BCUT2D eigenvalue weighted by molar-refractivity contribution is 5.16. The van der Waals surface area contributed by atoms with Gasteiger partial charge in [0.25, 0.3) is 0 Å². The number of rotatable bonds is 4. The standard InChI is InChI=1S/C15H23FN2/c1-3-5-15-11-18(12(2)9-17-15)10-13-6-4-7-14(16)8-13/h4,6-8,12,15,17H,3,5,9-11H2,1-2H3. The lowest BCUT2D eigenvalue weighted by atomic mass is 10.0. The molecule has 100 valence electrons. The second-order valence-corrected chi connectivity index (χ2v) is 5.30. The van der Waals surface area contributed by atoms with Crippen molar-refractivity contribution in [1.82, 2.24) is 10.2 Å². The average Bonchev–Trinajstić information content (AvgIpc) is 2.34. The Labute approximate surface area is 109 Å². The van der Waals surface area contributed by atoms with E-state index in [4.69, 9.17) is 0 Å². The van der Waals surface area contributed by atoms with Gasteiger partial charge in [-0.15, -0.1) is 0 Å². The lowest BCUT2D eigenvalue weighted by Crippen LogP contribution is -2.54. The zero-order chi connectivity index (χ0) is 13.0. The van der Waals surface area contributed by atoms with Gasteiger partial charge in [0.15, 0.2) is 0 Å². The molecule has 1 N–H and O–H groups in total. The molecule has 0 spiro atoms. The molecule has 0 aliphatic carbocycles. The predicted octanol–water partition coefficient (Wildman–Crippen LogP) is 2.79. The number of benzene rings is 1. The maximum absolute atomic E-state index is 13.2. The topological polar surface area (TPSA) is 15.3 Å². The number of nitrogens with one attached hydrogen (secondary N) is 1. The lowest BCUT2D eigenvalue weighted by molar-refractivity contribution is 0.129. The van der Waals surface area contributed by atoms with Crippen LogP contribution in [0.25, 0.3) is 0 Å². The van der Waals surface area contributed by atoms with Gasteiger partial charge >= 0.3 is 0 Å². The van der Waals surface area contributed by atoms with Crippen LogP contribution in [0.2, 0.25) is 0 Å². The third-order valence-corrected chi connectivity index (χ3v) is 3.69. The SMILES string of the molecule is CCCC1CN(Cc2cccc(F)c2)C(C)CN1. The van der Waals surface area contributed by atoms with Crippen molar-refractivity contribution in [3.8, 4) is 0 Å². The molecule has 1 aromatic carbocycles. The first kappa shape index (κ1) is 13.5. The average molecular weight is 250 g/mol. The summed E-state index contributed by atoms with van der Waals surface area (Å²) in [6, 6.07) is 8.04. The molecule has 1 saturated heterocycles. The molecule has 0 bridgehead atoms. The lowest BCUT2D eigenvalue weighted by Gasteiger charge is -2.39. The summed E-state index contributed by atoms with van der Waals surface area (Å²) in [6.07, 6.45) is 2.42. The summed E-state index contributed by atoms with van der Waals surface area (Å²) in [4.78, 5) is 2.45. The Balaban J connectivity index is 1.98. The van der Waals surface area contributed by atoms with Crippen molar-refractivity contribution >= 4 is 0 Å². The smallest absolute Gasteiger partial charge is 0.123 e. The van der Waals surface area contributed by atoms with Crippen LogP contribution in [0.5, 0.6) is 0 Å². The van der Waals surface area contributed by atoms with Crippen LogP contribution < -0.4 is 5.32 Å². The number of halogens is 1. The normalized spacial score (nSPS) is 25.3. The van der Waals surface area contributed by atoms with Crippen molar-refractivity contribution in [3.63, 3.8) is 0 Å². The molecule has 0 saturated carbocycles. The molecule has 1 fully saturated rings. The number of hydrogen-bond acceptors (Lipinski definition) is 2. The van der Waals surface area contributed by atoms with E-state index in [0.717, 1.165) is 25.2 Å². The molecular weight excluding hydrogens is 227 g/mol. The first-order valence-corrected chi connectivity index (χ1v) is 6.91. The van der Waals surface area contributed by atoms with Crippen LogP contribution in [0.4, 0.5) is 4.39 Å². The van der Waals surface area contributed by atoms with Crippen LogP contribution in [-0.4, -0.2) is 30.1 Å². The van der Waals surface area contributed by atoms with Crippen LogP contribution in [0, 0.1) is 5.82 Å². The molecule has 1 aliphatic heterocycles. The van der Waals surface area contributed by atoms with E-state index in [2.05, 4.69) is 24.1 Å². The molecule has 0 aromatic heterocycles. The quantitative estimate of drug-likeness (QED) is 0.884. The summed E-state index contributed by atoms with van der Waals surface area (Å²) in [6.45, 7) is 7.39. The van der Waals surface area contributed by atoms with E-state index in [9.17, 15) is 4.39 Å². The van der Waals surface area contributed by atoms with Crippen molar-refractivity contribution in [1.29, 1.82) is 0 Å². The molecule has 3 heteroatoms. The first-order chi connectivity index (χ1) is 8.69. The van der Waals surface area contributed by atoms with E-state index >= 15 is 0 Å². The van der Waals surface area contributed by atoms with Gasteiger partial charge in [0.05, 0.1) is 0 Å². The monoisotopic (exact) mass is 250 g/mol. The van der Waals surface area contributed by atoms with Gasteiger partial charge in [-0.1, -0.05) is 25.5 Å². The van der Waals surface area contributed by atoms with Crippen LogP contribution in [0.3, 0.4) is 0 Å². The minimum absolute atomic E-state index is 0.139. The molecular formula is C15H23FN2. The Morgan fingerprint density at radius 2 is 2.28 bits per heavy atom. The van der Waals surface area contributed by atoms with Crippen LogP contribution in [0.15, 0.2) is 24.3 Å². The summed E-state index contributed by atoms with van der Waals surface area (Å²) in [7, 11) is 0. The molecule has 0 radical (unpaired) electrons. The van der Waals surface area contributed by atoms with Gasteiger partial charge in [-0.05, 0) is 31.0 Å². The molecule has 2 nitrogen and oxygen atoms in total. The third-order valence-electron chi connectivity index (χ3n) is 3.69. The van der Waals surface area contributed by atoms with Gasteiger partial charge in [0.2, 0.25) is 0 Å². The molecule has 2 unspecified atom stereocenters. The minimum atomic E-state index is -0.139. The zero-order valence-electron chi connectivity index (χ0n) is 11.3. The number of hydrogen-bond donors (Lipinski definition) is 1. The number of piperazine rings is 1. The van der Waals surface area contributed by atoms with E-state index in [1.165, 1.54) is 18.9 Å². The Morgan fingerprint density at radius 1 is 1.44 bits per heavy atom. The number of nitrogens with zero attached hydrogens (tertiary/aromatic N) is 1. The maximum atomic E-state index is 13.2. The van der Waals surface area contributed by atoms with Crippen molar-refractivity contribution in [2.45, 2.75) is 45.3 Å². The molecule has 2 rings (SSSR count). The molecule has 2 atom stereocenters. The third kappa shape index (κ3) is 3.53. The summed E-state index contributed by atoms with van der Waals surface area (Å²) in [5.41, 5.74) is 1.07. The molecule has 1 aromatic rings. The van der Waals surface area contributed by atoms with Crippen molar-refractivity contribution in [2.75, 3.05) is 13.1 Å². The largest absolute Gasteiger partial charge is 0.311 e. The Bertz CT molecular complexity index is 381. The summed E-state index contributed by atoms with van der Waals surface area (Å²) in [5.74, 6) is -0.139. The second kappa shape index (κ2) is 6.30. The zero-order valence-corrected chi connectivity index (χ0v) is 11.3. The fourth-order valence-electron chi connectivity index (χ4n) is 2.63. The highest BCUT2D eigenvalue weighted by Crippen LogP contribution is 2.15. The van der Waals surface area contributed by atoms with Gasteiger partial charge in [0, 0.05) is 31.7 Å². The first-order valence-electron chi connectivity index (χ1n) is 6.91. The van der Waals surface area contributed by atoms with Crippen LogP contribution in [0.1, 0.15) is 32.3 Å². The van der Waals surface area contributed by atoms with E-state index in [0.29, 0.717) is 12.1 Å². The predicted molar refractivity (Wildman–Crippen MR) is 73.0 cm³/mol.